The highest BCUT2D eigenvalue weighted by Gasteiger charge is 2.38. The number of carboxylic acids is 1. The van der Waals surface area contributed by atoms with E-state index in [4.69, 9.17) is 10.4 Å². The number of hydrogen-bond donors (Lipinski definition) is 1. The molecule has 1 fully saturated rings. The number of aliphatic carboxylic acids is 1. The topological polar surface area (TPSA) is 84.6 Å². The number of carbonyl (C=O) groups excluding carboxylic acids is 1. The summed E-state index contributed by atoms with van der Waals surface area (Å²) in [6.45, 7) is 5.52. The van der Waals surface area contributed by atoms with Crippen LogP contribution in [0.1, 0.15) is 33.1 Å². The van der Waals surface area contributed by atoms with Gasteiger partial charge in [0.25, 0.3) is 0 Å². The third kappa shape index (κ3) is 3.60. The zero-order valence-electron chi connectivity index (χ0n) is 11.6. The van der Waals surface area contributed by atoms with Gasteiger partial charge in [-0.1, -0.05) is 0 Å². The van der Waals surface area contributed by atoms with Crippen LogP contribution >= 0.6 is 0 Å². The number of carbonyl (C=O) groups is 2. The Balaban J connectivity index is 2.57. The quantitative estimate of drug-likeness (QED) is 0.837. The Kier molecular flexibility index (Phi) is 5.16. The van der Waals surface area contributed by atoms with Gasteiger partial charge in [0.2, 0.25) is 0 Å². The summed E-state index contributed by atoms with van der Waals surface area (Å²) in [5.41, 5.74) is -0.722. The Morgan fingerprint density at radius 1 is 1.42 bits per heavy atom. The normalized spacial score (nSPS) is 17.6. The zero-order chi connectivity index (χ0) is 14.5. The average Bonchev–Trinajstić information content (AvgIpc) is 2.40. The van der Waals surface area contributed by atoms with Crippen molar-refractivity contribution in [2.24, 2.45) is 5.41 Å². The minimum atomic E-state index is -0.795. The van der Waals surface area contributed by atoms with Crippen LogP contribution < -0.4 is 0 Å². The third-order valence-corrected chi connectivity index (χ3v) is 3.80. The van der Waals surface area contributed by atoms with Gasteiger partial charge in [-0.25, -0.2) is 4.79 Å². The monoisotopic (exact) mass is 267 g/mol. The van der Waals surface area contributed by atoms with E-state index in [2.05, 4.69) is 0 Å². The molecule has 1 aliphatic rings. The van der Waals surface area contributed by atoms with E-state index in [0.717, 1.165) is 0 Å². The second-order valence-electron chi connectivity index (χ2n) is 5.12. The summed E-state index contributed by atoms with van der Waals surface area (Å²) >= 11 is 0. The van der Waals surface area contributed by atoms with Crippen LogP contribution in [0.2, 0.25) is 0 Å². The summed E-state index contributed by atoms with van der Waals surface area (Å²) in [5.74, 6) is -0.795. The molecular formula is C13H21N3O3. The molecule has 0 aromatic carbocycles. The summed E-state index contributed by atoms with van der Waals surface area (Å²) in [4.78, 5) is 26.7. The van der Waals surface area contributed by atoms with E-state index >= 15 is 0 Å². The summed E-state index contributed by atoms with van der Waals surface area (Å²) < 4.78 is 0. The van der Waals surface area contributed by atoms with Crippen molar-refractivity contribution in [3.8, 4) is 6.07 Å². The van der Waals surface area contributed by atoms with E-state index in [-0.39, 0.29) is 6.03 Å². The van der Waals surface area contributed by atoms with Gasteiger partial charge < -0.3 is 14.9 Å². The molecule has 0 radical (unpaired) electrons. The standard InChI is InChI=1S/C13H21N3O3/c1-3-15(8-4-7-14)12(19)16-9-5-13(2,6-10-16)11(17)18/h3-6,8-10H2,1-2H3,(H,17,18). The van der Waals surface area contributed by atoms with E-state index in [1.54, 1.807) is 16.7 Å². The van der Waals surface area contributed by atoms with E-state index < -0.39 is 11.4 Å². The fraction of sp³-hybridized carbons (Fsp3) is 0.769. The fourth-order valence-electron chi connectivity index (χ4n) is 2.18. The SMILES string of the molecule is CCN(CCC#N)C(=O)N1CCC(C)(C(=O)O)CC1. The van der Waals surface area contributed by atoms with Gasteiger partial charge in [-0.2, -0.15) is 5.26 Å². The molecule has 1 aliphatic heterocycles. The number of nitriles is 1. The van der Waals surface area contributed by atoms with Crippen LogP contribution in [0.25, 0.3) is 0 Å². The molecule has 19 heavy (non-hydrogen) atoms. The number of piperidine rings is 1. The minimum Gasteiger partial charge on any atom is -0.481 e. The van der Waals surface area contributed by atoms with Crippen LogP contribution in [0, 0.1) is 16.7 Å². The number of urea groups is 1. The maximum atomic E-state index is 12.2. The van der Waals surface area contributed by atoms with Gasteiger partial charge >= 0.3 is 12.0 Å². The van der Waals surface area contributed by atoms with Crippen molar-refractivity contribution in [2.75, 3.05) is 26.2 Å². The second kappa shape index (κ2) is 6.41. The fourth-order valence-corrected chi connectivity index (χ4v) is 2.18. The summed E-state index contributed by atoms with van der Waals surface area (Å²) in [6.07, 6.45) is 1.27. The van der Waals surface area contributed by atoms with Gasteiger partial charge in [-0.05, 0) is 26.7 Å². The molecule has 1 rings (SSSR count). The maximum Gasteiger partial charge on any atom is 0.320 e. The van der Waals surface area contributed by atoms with Crippen molar-refractivity contribution in [2.45, 2.75) is 33.1 Å². The third-order valence-electron chi connectivity index (χ3n) is 3.80. The predicted molar refractivity (Wildman–Crippen MR) is 69.4 cm³/mol. The minimum absolute atomic E-state index is 0.0924. The van der Waals surface area contributed by atoms with E-state index in [9.17, 15) is 9.59 Å². The lowest BCUT2D eigenvalue weighted by molar-refractivity contribution is -0.150. The molecule has 0 aliphatic carbocycles. The van der Waals surface area contributed by atoms with E-state index in [1.165, 1.54) is 0 Å². The van der Waals surface area contributed by atoms with Crippen LogP contribution in [0.5, 0.6) is 0 Å². The molecule has 0 spiro atoms. The lowest BCUT2D eigenvalue weighted by Gasteiger charge is -2.38. The molecule has 1 N–H and O–H groups in total. The summed E-state index contributed by atoms with van der Waals surface area (Å²) in [5, 5.41) is 17.7. The molecule has 6 nitrogen and oxygen atoms in total. The first kappa shape index (κ1) is 15.3. The number of amides is 2. The lowest BCUT2D eigenvalue weighted by Crippen LogP contribution is -2.50. The summed E-state index contributed by atoms with van der Waals surface area (Å²) in [7, 11) is 0. The Hall–Kier alpha value is -1.77. The molecule has 106 valence electrons. The smallest absolute Gasteiger partial charge is 0.320 e. The summed E-state index contributed by atoms with van der Waals surface area (Å²) in [6, 6.07) is 1.94. The van der Waals surface area contributed by atoms with Crippen LogP contribution in [0.15, 0.2) is 0 Å². The first-order valence-corrected chi connectivity index (χ1v) is 6.59. The first-order chi connectivity index (χ1) is 8.94. The van der Waals surface area contributed by atoms with Gasteiger partial charge in [0.15, 0.2) is 0 Å². The van der Waals surface area contributed by atoms with Crippen molar-refractivity contribution in [3.05, 3.63) is 0 Å². The molecule has 0 aromatic heterocycles. The van der Waals surface area contributed by atoms with E-state index in [0.29, 0.717) is 45.4 Å². The molecule has 0 unspecified atom stereocenters. The largest absolute Gasteiger partial charge is 0.481 e. The van der Waals surface area contributed by atoms with Crippen LogP contribution in [-0.2, 0) is 4.79 Å². The van der Waals surface area contributed by atoms with E-state index in [1.807, 2.05) is 13.0 Å². The molecule has 6 heteroatoms. The second-order valence-corrected chi connectivity index (χ2v) is 5.12. The Bertz CT molecular complexity index is 381. The van der Waals surface area contributed by atoms with Crippen molar-refractivity contribution in [1.82, 2.24) is 9.80 Å². The number of carboxylic acid groups (broad SMARTS) is 1. The van der Waals surface area contributed by atoms with Gasteiger partial charge in [0.1, 0.15) is 0 Å². The predicted octanol–water partition coefficient (Wildman–Crippen LogP) is 1.53. The number of likely N-dealkylation sites (tertiary alicyclic amines) is 1. The Labute approximate surface area is 113 Å². The van der Waals surface area contributed by atoms with Crippen molar-refractivity contribution in [3.63, 3.8) is 0 Å². The highest BCUT2D eigenvalue weighted by Crippen LogP contribution is 2.31. The highest BCUT2D eigenvalue weighted by molar-refractivity contribution is 5.77. The molecule has 0 aromatic rings. The average molecular weight is 267 g/mol. The van der Waals surface area contributed by atoms with Gasteiger partial charge in [-0.3, -0.25) is 4.79 Å². The molecule has 2 amide bonds. The zero-order valence-corrected chi connectivity index (χ0v) is 11.6. The number of hydrogen-bond acceptors (Lipinski definition) is 3. The van der Waals surface area contributed by atoms with Crippen LogP contribution in [0.3, 0.4) is 0 Å². The van der Waals surface area contributed by atoms with Crippen molar-refractivity contribution < 1.29 is 14.7 Å². The van der Waals surface area contributed by atoms with Gasteiger partial charge in [0, 0.05) is 26.2 Å². The molecular weight excluding hydrogens is 246 g/mol. The number of rotatable bonds is 4. The Morgan fingerprint density at radius 2 is 2.00 bits per heavy atom. The van der Waals surface area contributed by atoms with Crippen molar-refractivity contribution in [1.29, 1.82) is 5.26 Å². The highest BCUT2D eigenvalue weighted by atomic mass is 16.4. The lowest BCUT2D eigenvalue weighted by atomic mass is 9.80. The van der Waals surface area contributed by atoms with Crippen molar-refractivity contribution >= 4 is 12.0 Å². The molecule has 0 saturated carbocycles. The van der Waals surface area contributed by atoms with Crippen LogP contribution in [-0.4, -0.2) is 53.1 Å². The molecule has 0 bridgehead atoms. The van der Waals surface area contributed by atoms with Gasteiger partial charge in [-0.15, -0.1) is 0 Å². The molecule has 1 saturated heterocycles. The Morgan fingerprint density at radius 3 is 2.42 bits per heavy atom. The molecule has 0 atom stereocenters. The van der Waals surface area contributed by atoms with Gasteiger partial charge in [0.05, 0.1) is 17.9 Å². The molecule has 1 heterocycles. The number of nitrogens with zero attached hydrogens (tertiary/aromatic N) is 3. The maximum absolute atomic E-state index is 12.2. The first-order valence-electron chi connectivity index (χ1n) is 6.59. The van der Waals surface area contributed by atoms with Crippen LogP contribution in [0.4, 0.5) is 4.79 Å².